The van der Waals surface area contributed by atoms with Crippen LogP contribution in [-0.2, 0) is 4.74 Å². The number of carbonyl (C=O) groups is 1. The Morgan fingerprint density at radius 1 is 1.40 bits per heavy atom. The standard InChI is InChI=1S/C11H20N2O2/c1-9(2)10(3)8-12-11(14)13-4-6-15-7-5-13/h8-9H,4-7H2,1-3H3,(H,12,14)/b10-8+. The smallest absolute Gasteiger partial charge is 0.321 e. The zero-order valence-electron chi connectivity index (χ0n) is 9.75. The molecule has 0 atom stereocenters. The summed E-state index contributed by atoms with van der Waals surface area (Å²) in [5.41, 5.74) is 1.18. The molecule has 2 amide bonds. The average molecular weight is 212 g/mol. The van der Waals surface area contributed by atoms with Gasteiger partial charge in [0.15, 0.2) is 0 Å². The van der Waals surface area contributed by atoms with Crippen LogP contribution in [0.5, 0.6) is 0 Å². The van der Waals surface area contributed by atoms with Gasteiger partial charge in [-0.3, -0.25) is 0 Å². The zero-order chi connectivity index (χ0) is 11.3. The molecule has 0 radical (unpaired) electrons. The van der Waals surface area contributed by atoms with Crippen molar-refractivity contribution in [1.29, 1.82) is 0 Å². The lowest BCUT2D eigenvalue weighted by Gasteiger charge is -2.26. The third-order valence-corrected chi connectivity index (χ3v) is 2.63. The number of nitrogens with one attached hydrogen (secondary N) is 1. The number of nitrogens with zero attached hydrogens (tertiary/aromatic N) is 1. The first-order valence-corrected chi connectivity index (χ1v) is 5.41. The third kappa shape index (κ3) is 3.91. The van der Waals surface area contributed by atoms with Crippen LogP contribution in [0.1, 0.15) is 20.8 Å². The average Bonchev–Trinajstić information content (AvgIpc) is 2.26. The van der Waals surface area contributed by atoms with E-state index in [1.165, 1.54) is 5.57 Å². The lowest BCUT2D eigenvalue weighted by atomic mass is 10.1. The molecule has 0 spiro atoms. The summed E-state index contributed by atoms with van der Waals surface area (Å²) in [5.74, 6) is 0.468. The van der Waals surface area contributed by atoms with Gasteiger partial charge in [-0.1, -0.05) is 19.4 Å². The van der Waals surface area contributed by atoms with Crippen LogP contribution < -0.4 is 5.32 Å². The fourth-order valence-corrected chi connectivity index (χ4v) is 1.20. The zero-order valence-corrected chi connectivity index (χ0v) is 9.75. The fraction of sp³-hybridized carbons (Fsp3) is 0.727. The van der Waals surface area contributed by atoms with Gasteiger partial charge in [-0.15, -0.1) is 0 Å². The van der Waals surface area contributed by atoms with E-state index < -0.39 is 0 Å². The Bertz CT molecular complexity index is 243. The second-order valence-corrected chi connectivity index (χ2v) is 4.09. The van der Waals surface area contributed by atoms with Crippen molar-refractivity contribution in [3.63, 3.8) is 0 Å². The predicted molar refractivity (Wildman–Crippen MR) is 59.5 cm³/mol. The molecule has 4 nitrogen and oxygen atoms in total. The van der Waals surface area contributed by atoms with E-state index in [1.54, 1.807) is 11.1 Å². The van der Waals surface area contributed by atoms with Crippen molar-refractivity contribution in [2.45, 2.75) is 20.8 Å². The first-order chi connectivity index (χ1) is 7.11. The number of hydrogen-bond acceptors (Lipinski definition) is 2. The van der Waals surface area contributed by atoms with Crippen LogP contribution in [0.25, 0.3) is 0 Å². The first-order valence-electron chi connectivity index (χ1n) is 5.41. The summed E-state index contributed by atoms with van der Waals surface area (Å²) in [6, 6.07) is -0.0294. The van der Waals surface area contributed by atoms with Crippen LogP contribution in [0.4, 0.5) is 4.79 Å². The molecule has 1 N–H and O–H groups in total. The summed E-state index contributed by atoms with van der Waals surface area (Å²) >= 11 is 0. The van der Waals surface area contributed by atoms with E-state index in [-0.39, 0.29) is 6.03 Å². The van der Waals surface area contributed by atoms with Crippen molar-refractivity contribution in [3.05, 3.63) is 11.8 Å². The van der Waals surface area contributed by atoms with Gasteiger partial charge >= 0.3 is 6.03 Å². The van der Waals surface area contributed by atoms with Crippen molar-refractivity contribution in [2.24, 2.45) is 5.92 Å². The number of carbonyl (C=O) groups excluding carboxylic acids is 1. The van der Waals surface area contributed by atoms with Crippen LogP contribution in [-0.4, -0.2) is 37.2 Å². The summed E-state index contributed by atoms with van der Waals surface area (Å²) in [6.45, 7) is 8.87. The van der Waals surface area contributed by atoms with Crippen LogP contribution in [0.3, 0.4) is 0 Å². The topological polar surface area (TPSA) is 41.6 Å². The maximum atomic E-state index is 11.6. The Morgan fingerprint density at radius 3 is 2.53 bits per heavy atom. The van der Waals surface area contributed by atoms with Gasteiger partial charge < -0.3 is 15.0 Å². The molecule has 0 aromatic carbocycles. The number of amides is 2. The third-order valence-electron chi connectivity index (χ3n) is 2.63. The van der Waals surface area contributed by atoms with Gasteiger partial charge in [0.2, 0.25) is 0 Å². The van der Waals surface area contributed by atoms with Gasteiger partial charge in [-0.2, -0.15) is 0 Å². The van der Waals surface area contributed by atoms with Crippen molar-refractivity contribution in [1.82, 2.24) is 10.2 Å². The molecule has 0 aliphatic carbocycles. The molecule has 0 bridgehead atoms. The molecule has 0 aromatic heterocycles. The van der Waals surface area contributed by atoms with E-state index >= 15 is 0 Å². The number of rotatable bonds is 2. The lowest BCUT2D eigenvalue weighted by Crippen LogP contribution is -2.44. The van der Waals surface area contributed by atoms with Gasteiger partial charge in [0.1, 0.15) is 0 Å². The van der Waals surface area contributed by atoms with E-state index in [2.05, 4.69) is 19.2 Å². The predicted octanol–water partition coefficient (Wildman–Crippen LogP) is 1.59. The minimum Gasteiger partial charge on any atom is -0.378 e. The summed E-state index contributed by atoms with van der Waals surface area (Å²) in [7, 11) is 0. The summed E-state index contributed by atoms with van der Waals surface area (Å²) in [6.07, 6.45) is 1.79. The van der Waals surface area contributed by atoms with Gasteiger partial charge in [-0.25, -0.2) is 4.79 Å². The highest BCUT2D eigenvalue weighted by molar-refractivity contribution is 5.75. The maximum absolute atomic E-state index is 11.6. The summed E-state index contributed by atoms with van der Waals surface area (Å²) < 4.78 is 5.18. The minimum absolute atomic E-state index is 0.0294. The van der Waals surface area contributed by atoms with Crippen LogP contribution in [0, 0.1) is 5.92 Å². The highest BCUT2D eigenvalue weighted by Crippen LogP contribution is 2.06. The molecule has 1 fully saturated rings. The van der Waals surface area contributed by atoms with Crippen LogP contribution >= 0.6 is 0 Å². The van der Waals surface area contributed by atoms with Gasteiger partial charge in [0.25, 0.3) is 0 Å². The molecule has 1 heterocycles. The molecule has 86 valence electrons. The number of hydrogen-bond donors (Lipinski definition) is 1. The molecule has 0 aromatic rings. The van der Waals surface area contributed by atoms with Crippen molar-refractivity contribution in [2.75, 3.05) is 26.3 Å². The van der Waals surface area contributed by atoms with E-state index in [9.17, 15) is 4.79 Å². The monoisotopic (exact) mass is 212 g/mol. The van der Waals surface area contributed by atoms with E-state index in [1.807, 2.05) is 6.92 Å². The first kappa shape index (κ1) is 12.0. The van der Waals surface area contributed by atoms with E-state index in [0.29, 0.717) is 32.2 Å². The number of urea groups is 1. The summed E-state index contributed by atoms with van der Waals surface area (Å²) in [5, 5.41) is 2.80. The number of allylic oxidation sites excluding steroid dienone is 1. The highest BCUT2D eigenvalue weighted by Gasteiger charge is 2.15. The molecular formula is C11H20N2O2. The van der Waals surface area contributed by atoms with E-state index in [0.717, 1.165) is 0 Å². The lowest BCUT2D eigenvalue weighted by molar-refractivity contribution is 0.0540. The van der Waals surface area contributed by atoms with Crippen molar-refractivity contribution >= 4 is 6.03 Å². The fourth-order valence-electron chi connectivity index (χ4n) is 1.20. The molecule has 4 heteroatoms. The quantitative estimate of drug-likeness (QED) is 0.755. The van der Waals surface area contributed by atoms with Crippen LogP contribution in [0.2, 0.25) is 0 Å². The van der Waals surface area contributed by atoms with E-state index in [4.69, 9.17) is 4.74 Å². The van der Waals surface area contributed by atoms with Gasteiger partial charge in [-0.05, 0) is 12.8 Å². The Kier molecular flexibility index (Phi) is 4.62. The van der Waals surface area contributed by atoms with Crippen LogP contribution in [0.15, 0.2) is 11.8 Å². The SMILES string of the molecule is C/C(=C\NC(=O)N1CCOCC1)C(C)C. The second kappa shape index (κ2) is 5.75. The largest absolute Gasteiger partial charge is 0.378 e. The highest BCUT2D eigenvalue weighted by atomic mass is 16.5. The van der Waals surface area contributed by atoms with Crippen molar-refractivity contribution < 1.29 is 9.53 Å². The minimum atomic E-state index is -0.0294. The molecule has 0 saturated carbocycles. The molecule has 15 heavy (non-hydrogen) atoms. The van der Waals surface area contributed by atoms with Gasteiger partial charge in [0.05, 0.1) is 13.2 Å². The molecule has 1 saturated heterocycles. The van der Waals surface area contributed by atoms with Gasteiger partial charge in [0, 0.05) is 19.3 Å². The molecule has 1 aliphatic heterocycles. The molecular weight excluding hydrogens is 192 g/mol. The molecule has 1 aliphatic rings. The Morgan fingerprint density at radius 2 is 2.00 bits per heavy atom. The second-order valence-electron chi connectivity index (χ2n) is 4.09. The Hall–Kier alpha value is -1.03. The number of morpholine rings is 1. The normalized spacial score (nSPS) is 18.1. The summed E-state index contributed by atoms with van der Waals surface area (Å²) in [4.78, 5) is 13.4. The number of ether oxygens (including phenoxy) is 1. The molecule has 0 unspecified atom stereocenters. The maximum Gasteiger partial charge on any atom is 0.321 e. The van der Waals surface area contributed by atoms with Crippen molar-refractivity contribution in [3.8, 4) is 0 Å². The Labute approximate surface area is 91.3 Å². The Balaban J connectivity index is 2.37. The molecule has 1 rings (SSSR count).